The van der Waals surface area contributed by atoms with E-state index in [1.165, 1.54) is 35.0 Å². The zero-order valence-corrected chi connectivity index (χ0v) is 20.2. The van der Waals surface area contributed by atoms with Gasteiger partial charge in [0.2, 0.25) is 5.91 Å². The Kier molecular flexibility index (Phi) is 7.06. The van der Waals surface area contributed by atoms with E-state index in [0.29, 0.717) is 18.0 Å². The van der Waals surface area contributed by atoms with Crippen molar-refractivity contribution in [2.45, 2.75) is 20.0 Å². The molecule has 7 nitrogen and oxygen atoms in total. The molecule has 0 unspecified atom stereocenters. The Bertz CT molecular complexity index is 1420. The van der Waals surface area contributed by atoms with E-state index >= 15 is 0 Å². The third-order valence-corrected chi connectivity index (χ3v) is 5.92. The quantitative estimate of drug-likeness (QED) is 0.368. The Hall–Kier alpha value is -4.26. The molecule has 0 aliphatic heterocycles. The lowest BCUT2D eigenvalue weighted by atomic mass is 10.1. The summed E-state index contributed by atoms with van der Waals surface area (Å²) in [6.45, 7) is 3.30. The molecule has 2 N–H and O–H groups in total. The lowest BCUT2D eigenvalue weighted by Gasteiger charge is -2.15. The maximum absolute atomic E-state index is 12.8. The van der Waals surface area contributed by atoms with Crippen LogP contribution in [0.4, 0.5) is 0 Å². The van der Waals surface area contributed by atoms with E-state index in [0.717, 1.165) is 17.7 Å². The van der Waals surface area contributed by atoms with Crippen LogP contribution in [0.1, 0.15) is 18.1 Å². The van der Waals surface area contributed by atoms with Crippen LogP contribution in [-0.2, 0) is 22.7 Å². The molecule has 180 valence electrons. The van der Waals surface area contributed by atoms with Gasteiger partial charge in [-0.25, -0.2) is 0 Å². The number of ether oxygens (including phenoxy) is 2. The maximum atomic E-state index is 12.8. The molecule has 1 aromatic heterocycles. The third kappa shape index (κ3) is 5.14. The molecule has 0 radical (unpaired) electrons. The number of methoxy groups -OCH3 is 1. The first kappa shape index (κ1) is 23.9. The van der Waals surface area contributed by atoms with Gasteiger partial charge in [0, 0.05) is 48.0 Å². The van der Waals surface area contributed by atoms with Crippen molar-refractivity contribution >= 4 is 39.7 Å². The van der Waals surface area contributed by atoms with Gasteiger partial charge in [0.05, 0.1) is 7.11 Å². The average Bonchev–Trinajstić information content (AvgIpc) is 3.19. The number of likely N-dealkylation sites (N-methyl/N-ethyl adjacent to an activating group) is 1. The number of hydrogen-bond acceptors (Lipinski definition) is 4. The second-order valence-electron chi connectivity index (χ2n) is 8.31. The summed E-state index contributed by atoms with van der Waals surface area (Å²) in [4.78, 5) is 25.4. The van der Waals surface area contributed by atoms with Gasteiger partial charge < -0.3 is 24.7 Å². The Morgan fingerprint density at radius 2 is 1.77 bits per heavy atom. The molecule has 4 aromatic rings. The molecule has 0 atom stereocenters. The van der Waals surface area contributed by atoms with Gasteiger partial charge in [0.25, 0.3) is 5.91 Å². The highest BCUT2D eigenvalue weighted by atomic mass is 16.5. The Morgan fingerprint density at radius 3 is 2.51 bits per heavy atom. The van der Waals surface area contributed by atoms with Crippen LogP contribution in [0, 0.1) is 0 Å². The van der Waals surface area contributed by atoms with E-state index in [1.54, 1.807) is 36.2 Å². The monoisotopic (exact) mass is 471 g/mol. The number of amides is 2. The molecule has 0 aliphatic carbocycles. The van der Waals surface area contributed by atoms with Gasteiger partial charge in [-0.3, -0.25) is 9.59 Å². The van der Waals surface area contributed by atoms with Crippen molar-refractivity contribution in [2.75, 3.05) is 20.8 Å². The SMILES string of the molecule is CCn1c2ccccc2c2cc(CN(C)C(=O)/C=C/c3ccc(OCC(N)=O)c(OC)c3)ccc21. The van der Waals surface area contributed by atoms with Gasteiger partial charge >= 0.3 is 0 Å². The van der Waals surface area contributed by atoms with Gasteiger partial charge in [-0.05, 0) is 54.5 Å². The van der Waals surface area contributed by atoms with Crippen molar-refractivity contribution in [3.8, 4) is 11.5 Å². The molecule has 3 aromatic carbocycles. The number of nitrogens with two attached hydrogens (primary N) is 1. The zero-order valence-electron chi connectivity index (χ0n) is 20.2. The molecule has 0 saturated heterocycles. The third-order valence-electron chi connectivity index (χ3n) is 5.92. The van der Waals surface area contributed by atoms with Gasteiger partial charge in [-0.1, -0.05) is 30.3 Å². The summed E-state index contributed by atoms with van der Waals surface area (Å²) < 4.78 is 13.0. The highest BCUT2D eigenvalue weighted by Gasteiger charge is 2.12. The molecule has 0 fully saturated rings. The number of carbonyl (C=O) groups is 2. The molecule has 0 aliphatic rings. The van der Waals surface area contributed by atoms with Crippen LogP contribution in [0.2, 0.25) is 0 Å². The number of rotatable bonds is 9. The minimum atomic E-state index is -0.570. The summed E-state index contributed by atoms with van der Waals surface area (Å²) in [7, 11) is 3.29. The number of benzene rings is 3. The molecular weight excluding hydrogens is 442 g/mol. The first-order valence-electron chi connectivity index (χ1n) is 11.4. The number of fused-ring (bicyclic) bond motifs is 3. The highest BCUT2D eigenvalue weighted by Crippen LogP contribution is 2.30. The van der Waals surface area contributed by atoms with Crippen LogP contribution < -0.4 is 15.2 Å². The summed E-state index contributed by atoms with van der Waals surface area (Å²) in [5, 5.41) is 2.42. The standard InChI is InChI=1S/C28H29N3O4/c1-4-31-23-8-6-5-7-21(23)22-15-20(9-12-24(22)31)17-30(2)28(33)14-11-19-10-13-25(26(16-19)34-3)35-18-27(29)32/h5-16H,4,17-18H2,1-3H3,(H2,29,32)/b14-11+. The molecule has 0 saturated carbocycles. The number of primary amides is 1. The fraction of sp³-hybridized carbons (Fsp3) is 0.214. The number of para-hydroxylation sites is 1. The molecule has 7 heteroatoms. The first-order valence-corrected chi connectivity index (χ1v) is 11.4. The largest absolute Gasteiger partial charge is 0.493 e. The topological polar surface area (TPSA) is 86.8 Å². The smallest absolute Gasteiger partial charge is 0.255 e. The van der Waals surface area contributed by atoms with Crippen molar-refractivity contribution in [2.24, 2.45) is 5.73 Å². The minimum absolute atomic E-state index is 0.117. The van der Waals surface area contributed by atoms with Crippen LogP contribution in [0.15, 0.2) is 66.7 Å². The zero-order chi connectivity index (χ0) is 24.9. The van der Waals surface area contributed by atoms with Crippen LogP contribution >= 0.6 is 0 Å². The fourth-order valence-electron chi connectivity index (χ4n) is 4.24. The van der Waals surface area contributed by atoms with Crippen LogP contribution in [0.25, 0.3) is 27.9 Å². The van der Waals surface area contributed by atoms with Crippen LogP contribution in [-0.4, -0.2) is 42.0 Å². The Morgan fingerprint density at radius 1 is 1.00 bits per heavy atom. The first-order chi connectivity index (χ1) is 16.9. The summed E-state index contributed by atoms with van der Waals surface area (Å²) in [6, 6.07) is 20.0. The summed E-state index contributed by atoms with van der Waals surface area (Å²) in [5.74, 6) is 0.175. The van der Waals surface area contributed by atoms with Crippen molar-refractivity contribution < 1.29 is 19.1 Å². The number of aromatic nitrogens is 1. The lowest BCUT2D eigenvalue weighted by Crippen LogP contribution is -2.24. The fourth-order valence-corrected chi connectivity index (χ4v) is 4.24. The number of carbonyl (C=O) groups excluding carboxylic acids is 2. The maximum Gasteiger partial charge on any atom is 0.255 e. The number of aryl methyl sites for hydroxylation is 1. The summed E-state index contributed by atoms with van der Waals surface area (Å²) in [5.41, 5.74) is 9.38. The highest BCUT2D eigenvalue weighted by molar-refractivity contribution is 6.08. The molecular formula is C28H29N3O4. The molecule has 0 bridgehead atoms. The summed E-state index contributed by atoms with van der Waals surface area (Å²) >= 11 is 0. The van der Waals surface area contributed by atoms with E-state index in [-0.39, 0.29) is 12.5 Å². The van der Waals surface area contributed by atoms with Crippen molar-refractivity contribution in [3.63, 3.8) is 0 Å². The van der Waals surface area contributed by atoms with Crippen molar-refractivity contribution in [1.29, 1.82) is 0 Å². The van der Waals surface area contributed by atoms with Crippen molar-refractivity contribution in [1.82, 2.24) is 9.47 Å². The van der Waals surface area contributed by atoms with Gasteiger partial charge in [0.15, 0.2) is 18.1 Å². The van der Waals surface area contributed by atoms with Crippen LogP contribution in [0.3, 0.4) is 0 Å². The van der Waals surface area contributed by atoms with Gasteiger partial charge in [-0.15, -0.1) is 0 Å². The predicted octanol–water partition coefficient (Wildman–Crippen LogP) is 4.36. The average molecular weight is 472 g/mol. The second-order valence-corrected chi connectivity index (χ2v) is 8.31. The van der Waals surface area contributed by atoms with E-state index in [4.69, 9.17) is 15.2 Å². The molecule has 2 amide bonds. The van der Waals surface area contributed by atoms with Gasteiger partial charge in [-0.2, -0.15) is 0 Å². The normalized spacial score (nSPS) is 11.3. The van der Waals surface area contributed by atoms with E-state index in [9.17, 15) is 9.59 Å². The van der Waals surface area contributed by atoms with Crippen molar-refractivity contribution in [3.05, 3.63) is 77.9 Å². The van der Waals surface area contributed by atoms with Crippen LogP contribution in [0.5, 0.6) is 11.5 Å². The molecule has 0 spiro atoms. The van der Waals surface area contributed by atoms with E-state index in [2.05, 4.69) is 54.0 Å². The minimum Gasteiger partial charge on any atom is -0.493 e. The molecule has 35 heavy (non-hydrogen) atoms. The second kappa shape index (κ2) is 10.3. The van der Waals surface area contributed by atoms with E-state index < -0.39 is 5.91 Å². The molecule has 1 heterocycles. The number of hydrogen-bond donors (Lipinski definition) is 1. The Balaban J connectivity index is 1.48. The van der Waals surface area contributed by atoms with Gasteiger partial charge in [0.1, 0.15) is 0 Å². The number of nitrogens with zero attached hydrogens (tertiary/aromatic N) is 2. The Labute approximate surface area is 204 Å². The lowest BCUT2D eigenvalue weighted by molar-refractivity contribution is -0.125. The molecule has 4 rings (SSSR count). The van der Waals surface area contributed by atoms with E-state index in [1.807, 2.05) is 0 Å². The predicted molar refractivity (Wildman–Crippen MR) is 138 cm³/mol. The summed E-state index contributed by atoms with van der Waals surface area (Å²) in [6.07, 6.45) is 3.25.